The number of fused-ring (bicyclic) bond motifs is 5. The van der Waals surface area contributed by atoms with Crippen LogP contribution < -0.4 is 4.74 Å². The minimum atomic E-state index is -0.604. The topological polar surface area (TPSA) is 84.6 Å². The number of benzene rings is 2. The van der Waals surface area contributed by atoms with Crippen molar-refractivity contribution in [3.05, 3.63) is 70.5 Å². The highest BCUT2D eigenvalue weighted by Gasteiger charge is 2.34. The highest BCUT2D eigenvalue weighted by Crippen LogP contribution is 2.48. The lowest BCUT2D eigenvalue weighted by atomic mass is 9.81. The van der Waals surface area contributed by atoms with E-state index in [-0.39, 0.29) is 24.6 Å². The van der Waals surface area contributed by atoms with Crippen molar-refractivity contribution >= 4 is 34.5 Å². The predicted octanol–water partition coefficient (Wildman–Crippen LogP) is 8.97. The lowest BCUT2D eigenvalue weighted by Gasteiger charge is -2.28. The summed E-state index contributed by atoms with van der Waals surface area (Å²) in [6.07, 6.45) is 13.0. The van der Waals surface area contributed by atoms with Crippen molar-refractivity contribution in [3.63, 3.8) is 0 Å². The van der Waals surface area contributed by atoms with Gasteiger partial charge in [0.2, 0.25) is 0 Å². The highest BCUT2D eigenvalue weighted by atomic mass is 16.6. The number of hydrogen-bond donors (Lipinski definition) is 0. The van der Waals surface area contributed by atoms with Crippen LogP contribution in [0.15, 0.2) is 42.6 Å². The first-order valence-corrected chi connectivity index (χ1v) is 17.2. The van der Waals surface area contributed by atoms with Gasteiger partial charge in [-0.25, -0.2) is 9.59 Å². The molecule has 2 saturated carbocycles. The number of rotatable bonds is 7. The number of carbonyl (C=O) groups excluding carboxylic acids is 2. The number of ether oxygens (including phenoxy) is 3. The molecule has 0 spiro atoms. The van der Waals surface area contributed by atoms with Gasteiger partial charge in [0.1, 0.15) is 16.9 Å². The SMILES string of the molecule is CCOC(=O)c1cnn(C2CCC2)c1C1=Cc2cc(OC)ccc2-c2c(C3CCCCC3)c3ccc(C(=O)OC(C)(C)C)cc3n2C1. The van der Waals surface area contributed by atoms with Crippen molar-refractivity contribution < 1.29 is 23.8 Å². The number of esters is 2. The number of aromatic nitrogens is 3. The number of allylic oxidation sites excluding steroid dienone is 1. The maximum absolute atomic E-state index is 13.4. The van der Waals surface area contributed by atoms with Gasteiger partial charge in [-0.3, -0.25) is 4.68 Å². The molecule has 0 saturated heterocycles. The Morgan fingerprint density at radius 2 is 1.72 bits per heavy atom. The fraction of sp³-hybridized carbons (Fsp3) is 0.462. The molecule has 47 heavy (non-hydrogen) atoms. The number of nitrogens with zero attached hydrogens (tertiary/aromatic N) is 3. The van der Waals surface area contributed by atoms with Gasteiger partial charge in [0.15, 0.2) is 0 Å². The van der Waals surface area contributed by atoms with Crippen LogP contribution in [0.4, 0.5) is 0 Å². The van der Waals surface area contributed by atoms with Gasteiger partial charge in [-0.15, -0.1) is 0 Å². The van der Waals surface area contributed by atoms with Crippen LogP contribution in [-0.2, 0) is 16.0 Å². The number of methoxy groups -OCH3 is 1. The molecule has 0 unspecified atom stereocenters. The summed E-state index contributed by atoms with van der Waals surface area (Å²) in [6, 6.07) is 12.6. The minimum Gasteiger partial charge on any atom is -0.497 e. The lowest BCUT2D eigenvalue weighted by molar-refractivity contribution is 0.00693. The van der Waals surface area contributed by atoms with Crippen LogP contribution in [-0.4, -0.2) is 45.6 Å². The Morgan fingerprint density at radius 1 is 0.936 bits per heavy atom. The third kappa shape index (κ3) is 5.76. The van der Waals surface area contributed by atoms with E-state index in [1.165, 1.54) is 35.9 Å². The van der Waals surface area contributed by atoms with Gasteiger partial charge in [0, 0.05) is 16.5 Å². The van der Waals surface area contributed by atoms with Gasteiger partial charge in [0.05, 0.1) is 49.5 Å². The highest BCUT2D eigenvalue weighted by molar-refractivity contribution is 6.03. The molecule has 1 aliphatic heterocycles. The van der Waals surface area contributed by atoms with E-state index in [0.29, 0.717) is 23.6 Å². The van der Waals surface area contributed by atoms with Gasteiger partial charge < -0.3 is 18.8 Å². The third-order valence-electron chi connectivity index (χ3n) is 9.94. The Hall–Kier alpha value is -4.33. The first-order chi connectivity index (χ1) is 22.7. The average Bonchev–Trinajstić information content (AvgIpc) is 3.54. The summed E-state index contributed by atoms with van der Waals surface area (Å²) in [7, 11) is 1.69. The van der Waals surface area contributed by atoms with Crippen molar-refractivity contribution in [2.75, 3.05) is 13.7 Å². The first-order valence-electron chi connectivity index (χ1n) is 17.2. The fourth-order valence-corrected chi connectivity index (χ4v) is 7.60. The van der Waals surface area contributed by atoms with E-state index < -0.39 is 5.60 Å². The average molecular weight is 636 g/mol. The fourth-order valence-electron chi connectivity index (χ4n) is 7.60. The molecular formula is C39H45N3O5. The maximum Gasteiger partial charge on any atom is 0.341 e. The zero-order chi connectivity index (χ0) is 32.9. The van der Waals surface area contributed by atoms with Crippen LogP contribution in [0.3, 0.4) is 0 Å². The molecule has 0 radical (unpaired) electrons. The van der Waals surface area contributed by atoms with E-state index in [9.17, 15) is 9.59 Å². The van der Waals surface area contributed by atoms with E-state index in [4.69, 9.17) is 19.3 Å². The van der Waals surface area contributed by atoms with Crippen molar-refractivity contribution in [1.82, 2.24) is 14.3 Å². The minimum absolute atomic E-state index is 0.236. The summed E-state index contributed by atoms with van der Waals surface area (Å²) in [5, 5.41) is 5.95. The standard InChI is InChI=1S/C39H45N3O5/c1-6-46-38(44)32-22-40-42(28-13-10-14-28)35(32)27-19-26-20-29(45-5)16-18-30(26)36-34(24-11-8-7-9-12-24)31-17-15-25(21-33(31)41(36)23-27)37(43)47-39(2,3)4/h15-22,24,28H,6-14,23H2,1-5H3. The summed E-state index contributed by atoms with van der Waals surface area (Å²) in [4.78, 5) is 26.8. The van der Waals surface area contributed by atoms with Crippen LogP contribution >= 0.6 is 0 Å². The van der Waals surface area contributed by atoms with Gasteiger partial charge in [-0.05, 0) is 119 Å². The van der Waals surface area contributed by atoms with Gasteiger partial charge in [-0.2, -0.15) is 5.10 Å². The van der Waals surface area contributed by atoms with E-state index in [0.717, 1.165) is 65.8 Å². The molecule has 0 bridgehead atoms. The van der Waals surface area contributed by atoms with E-state index in [1.54, 1.807) is 13.3 Å². The quantitative estimate of drug-likeness (QED) is 0.189. The molecule has 8 heteroatoms. The predicted molar refractivity (Wildman–Crippen MR) is 184 cm³/mol. The summed E-state index contributed by atoms with van der Waals surface area (Å²) < 4.78 is 21.5. The van der Waals surface area contributed by atoms with Crippen molar-refractivity contribution in [3.8, 4) is 17.0 Å². The van der Waals surface area contributed by atoms with Gasteiger partial charge in [0.25, 0.3) is 0 Å². The molecule has 2 aromatic carbocycles. The van der Waals surface area contributed by atoms with Crippen LogP contribution in [0.5, 0.6) is 5.75 Å². The molecule has 8 nitrogen and oxygen atoms in total. The summed E-state index contributed by atoms with van der Waals surface area (Å²) in [6.45, 7) is 8.29. The largest absolute Gasteiger partial charge is 0.497 e. The summed E-state index contributed by atoms with van der Waals surface area (Å²) >= 11 is 0. The first kappa shape index (κ1) is 31.3. The Morgan fingerprint density at radius 3 is 2.40 bits per heavy atom. The summed E-state index contributed by atoms with van der Waals surface area (Å²) in [5.74, 6) is 0.476. The Kier molecular flexibility index (Phi) is 8.23. The van der Waals surface area contributed by atoms with Gasteiger partial charge >= 0.3 is 11.9 Å². The second-order valence-electron chi connectivity index (χ2n) is 14.2. The lowest BCUT2D eigenvalue weighted by Crippen LogP contribution is -2.23. The molecule has 4 aromatic rings. The van der Waals surface area contributed by atoms with Crippen molar-refractivity contribution in [2.24, 2.45) is 0 Å². The molecule has 3 heterocycles. The second kappa shape index (κ2) is 12.4. The zero-order valence-corrected chi connectivity index (χ0v) is 28.2. The molecule has 0 amide bonds. The van der Waals surface area contributed by atoms with E-state index >= 15 is 0 Å². The number of hydrogen-bond acceptors (Lipinski definition) is 6. The van der Waals surface area contributed by atoms with Gasteiger partial charge in [-0.1, -0.05) is 25.3 Å². The van der Waals surface area contributed by atoms with Crippen LogP contribution in [0.25, 0.3) is 33.8 Å². The zero-order valence-electron chi connectivity index (χ0n) is 28.2. The number of carbonyl (C=O) groups is 2. The monoisotopic (exact) mass is 635 g/mol. The molecule has 7 rings (SSSR count). The van der Waals surface area contributed by atoms with Crippen molar-refractivity contribution in [1.29, 1.82) is 0 Å². The van der Waals surface area contributed by atoms with Crippen LogP contribution in [0.1, 0.15) is 129 Å². The van der Waals surface area contributed by atoms with E-state index in [1.807, 2.05) is 50.6 Å². The Balaban J connectivity index is 1.50. The molecule has 2 aliphatic carbocycles. The van der Waals surface area contributed by atoms with Crippen LogP contribution in [0.2, 0.25) is 0 Å². The normalized spacial score (nSPS) is 16.9. The Bertz CT molecular complexity index is 1880. The van der Waals surface area contributed by atoms with Crippen LogP contribution in [0, 0.1) is 0 Å². The Labute approximate surface area is 276 Å². The van der Waals surface area contributed by atoms with Crippen molar-refractivity contribution in [2.45, 2.75) is 103 Å². The second-order valence-corrected chi connectivity index (χ2v) is 14.2. The smallest absolute Gasteiger partial charge is 0.341 e. The maximum atomic E-state index is 13.4. The summed E-state index contributed by atoms with van der Waals surface area (Å²) in [5.41, 5.74) is 7.83. The van der Waals surface area contributed by atoms with E-state index in [2.05, 4.69) is 28.8 Å². The third-order valence-corrected chi connectivity index (χ3v) is 9.94. The molecule has 2 aromatic heterocycles. The molecule has 246 valence electrons. The molecule has 0 N–H and O–H groups in total. The molecule has 2 fully saturated rings. The molecular weight excluding hydrogens is 590 g/mol. The molecule has 3 aliphatic rings. The molecule has 0 atom stereocenters.